The van der Waals surface area contributed by atoms with E-state index in [0.29, 0.717) is 48.4 Å². The number of carbonyl (C=O) groups is 1. The van der Waals surface area contributed by atoms with E-state index in [9.17, 15) is 10.0 Å². The molecule has 10 atom stereocenters. The number of carbonyl (C=O) groups excluding carboxylic acids is 1. The van der Waals surface area contributed by atoms with E-state index in [1.54, 1.807) is 4.74 Å². The smallest absolute Gasteiger partial charge is 0.173 e. The van der Waals surface area contributed by atoms with Crippen LogP contribution >= 0.6 is 0 Å². The molecule has 34 heavy (non-hydrogen) atoms. The number of hydroxylamine groups is 1. The normalized spacial score (nSPS) is 54.7. The van der Waals surface area contributed by atoms with Crippen LogP contribution < -0.4 is 0 Å². The Morgan fingerprint density at radius 3 is 2.74 bits per heavy atom. The molecule has 1 spiro atoms. The molecule has 0 aromatic rings. The average Bonchev–Trinajstić information content (AvgIpc) is 3.49. The van der Waals surface area contributed by atoms with Crippen LogP contribution in [-0.2, 0) is 14.3 Å². The topological polar surface area (TPSA) is 61.6 Å². The average molecular weight is 470 g/mol. The first-order chi connectivity index (χ1) is 16.2. The quantitative estimate of drug-likeness (QED) is 0.395. The first-order valence-electron chi connectivity index (χ1n) is 14.4. The van der Waals surface area contributed by atoms with Crippen molar-refractivity contribution in [3.05, 3.63) is 5.21 Å². The fourth-order valence-corrected chi connectivity index (χ4v) is 11.1. The number of nitrogens with zero attached hydrogens (tertiary/aromatic N) is 1. The summed E-state index contributed by atoms with van der Waals surface area (Å²) in [7, 11) is 0. The molecule has 8 aliphatic rings. The van der Waals surface area contributed by atoms with Gasteiger partial charge in [0.05, 0.1) is 23.5 Å². The highest BCUT2D eigenvalue weighted by molar-refractivity contribution is 5.93. The summed E-state index contributed by atoms with van der Waals surface area (Å²) in [5, 5.41) is 14.2. The molecular weight excluding hydrogens is 426 g/mol. The van der Waals surface area contributed by atoms with Crippen molar-refractivity contribution in [2.24, 2.45) is 45.8 Å². The molecule has 0 aromatic heterocycles. The molecule has 2 saturated heterocycles. The summed E-state index contributed by atoms with van der Waals surface area (Å²) in [6, 6.07) is 0.230. The first-order valence-corrected chi connectivity index (χ1v) is 14.4. The Morgan fingerprint density at radius 2 is 1.94 bits per heavy atom. The molecule has 188 valence electrons. The largest absolute Gasteiger partial charge is 0.624 e. The highest BCUT2D eigenvalue weighted by Gasteiger charge is 2.79. The number of rotatable bonds is 5. The van der Waals surface area contributed by atoms with Crippen LogP contribution in [0.3, 0.4) is 0 Å². The third-order valence-corrected chi connectivity index (χ3v) is 12.5. The number of fused-ring (bicyclic) bond motifs is 2. The zero-order valence-electron chi connectivity index (χ0n) is 21.6. The molecule has 0 amide bonds. The van der Waals surface area contributed by atoms with Crippen LogP contribution in [0.4, 0.5) is 0 Å². The standard InChI is InChI=1S/C29H43NO4/c1-17(2)18-7-8-20-19-9-14-28-12-5-6-21(28)29(20,25(18)30(32)24(19)28)15-10-22(31)26(3)16-33-27(4)13-11-23(26)34-27/h17-21,23-24H,5-16H2,1-4H3/t18-,19+,20+,21-,23+,24?,26+,27+,28-,29-/m1/s1. The van der Waals surface area contributed by atoms with Crippen LogP contribution in [0.25, 0.3) is 0 Å². The van der Waals surface area contributed by atoms with Crippen molar-refractivity contribution in [1.82, 2.24) is 0 Å². The van der Waals surface area contributed by atoms with Crippen LogP contribution in [0, 0.1) is 51.0 Å². The fourth-order valence-electron chi connectivity index (χ4n) is 11.1. The molecule has 0 aromatic carbocycles. The summed E-state index contributed by atoms with van der Waals surface area (Å²) >= 11 is 0. The molecule has 4 aliphatic heterocycles. The lowest BCUT2D eigenvalue weighted by molar-refractivity contribution is -0.565. The lowest BCUT2D eigenvalue weighted by Gasteiger charge is -2.64. The van der Waals surface area contributed by atoms with E-state index in [1.165, 1.54) is 44.2 Å². The second kappa shape index (κ2) is 6.88. The molecule has 6 fully saturated rings. The molecule has 8 rings (SSSR count). The van der Waals surface area contributed by atoms with E-state index < -0.39 is 11.2 Å². The number of ketones is 1. The maximum absolute atomic E-state index is 14.2. The van der Waals surface area contributed by atoms with Crippen molar-refractivity contribution >= 4 is 11.5 Å². The van der Waals surface area contributed by atoms with E-state index in [0.717, 1.165) is 25.7 Å². The van der Waals surface area contributed by atoms with Gasteiger partial charge in [0.1, 0.15) is 5.78 Å². The van der Waals surface area contributed by atoms with Gasteiger partial charge in [-0.3, -0.25) is 4.79 Å². The minimum atomic E-state index is -0.556. The summed E-state index contributed by atoms with van der Waals surface area (Å²) in [6.07, 6.45) is 11.9. The molecule has 8 bridgehead atoms. The van der Waals surface area contributed by atoms with E-state index >= 15 is 0 Å². The Kier molecular flexibility index (Phi) is 4.51. The zero-order valence-corrected chi connectivity index (χ0v) is 21.6. The fraction of sp³-hybridized carbons (Fsp3) is 0.931. The summed E-state index contributed by atoms with van der Waals surface area (Å²) < 4.78 is 13.9. The molecule has 0 N–H and O–H groups in total. The van der Waals surface area contributed by atoms with Crippen LogP contribution in [0.15, 0.2) is 0 Å². The van der Waals surface area contributed by atoms with Gasteiger partial charge in [-0.2, -0.15) is 0 Å². The Labute approximate surface area is 204 Å². The number of hydrogen-bond donors (Lipinski definition) is 0. The second-order valence-electron chi connectivity index (χ2n) is 14.0. The molecular formula is C29H43NO4. The number of Topliss-reactive ketones (excluding diaryl/α,β-unsaturated/α-hetero) is 1. The van der Waals surface area contributed by atoms with Crippen molar-refractivity contribution in [1.29, 1.82) is 0 Å². The van der Waals surface area contributed by atoms with Gasteiger partial charge in [0, 0.05) is 30.1 Å². The van der Waals surface area contributed by atoms with Gasteiger partial charge >= 0.3 is 0 Å². The van der Waals surface area contributed by atoms with Crippen LogP contribution in [0.2, 0.25) is 0 Å². The van der Waals surface area contributed by atoms with Gasteiger partial charge in [-0.1, -0.05) is 20.3 Å². The van der Waals surface area contributed by atoms with Crippen molar-refractivity contribution in [2.45, 2.75) is 116 Å². The highest BCUT2D eigenvalue weighted by atomic mass is 16.7. The van der Waals surface area contributed by atoms with Gasteiger partial charge in [-0.25, -0.2) is 4.74 Å². The van der Waals surface area contributed by atoms with Gasteiger partial charge < -0.3 is 14.7 Å². The maximum atomic E-state index is 14.2. The monoisotopic (exact) mass is 469 g/mol. The molecule has 4 heterocycles. The van der Waals surface area contributed by atoms with Crippen molar-refractivity contribution in [2.75, 3.05) is 6.61 Å². The van der Waals surface area contributed by atoms with Gasteiger partial charge in [0.15, 0.2) is 17.5 Å². The molecule has 0 radical (unpaired) electrons. The maximum Gasteiger partial charge on any atom is 0.173 e. The van der Waals surface area contributed by atoms with Crippen molar-refractivity contribution in [3.8, 4) is 0 Å². The molecule has 4 saturated carbocycles. The highest BCUT2D eigenvalue weighted by Crippen LogP contribution is 2.76. The van der Waals surface area contributed by atoms with Gasteiger partial charge in [0.25, 0.3) is 0 Å². The van der Waals surface area contributed by atoms with Crippen molar-refractivity contribution in [3.63, 3.8) is 0 Å². The Balaban J connectivity index is 1.27. The number of ether oxygens (including phenoxy) is 2. The summed E-state index contributed by atoms with van der Waals surface area (Å²) in [5.74, 6) is 2.46. The SMILES string of the molecule is CC(C)[C@H]1CC[C@H]2[C@@H]3CC[C@]45CCC[C@H]4[C@]2(CCC(=O)[C@]2(C)CO[C@]4(C)CC[C@@H]2O4)C1=[N+]([O-])C35. The third kappa shape index (κ3) is 2.45. The molecule has 1 unspecified atom stereocenters. The number of hydrogen-bond acceptors (Lipinski definition) is 4. The van der Waals surface area contributed by atoms with Gasteiger partial charge in [0.2, 0.25) is 0 Å². The molecule has 5 heteroatoms. The first kappa shape index (κ1) is 22.3. The molecule has 4 aliphatic carbocycles. The zero-order chi connectivity index (χ0) is 23.7. The van der Waals surface area contributed by atoms with Crippen LogP contribution in [0.1, 0.15) is 98.3 Å². The molecule has 5 nitrogen and oxygen atoms in total. The summed E-state index contributed by atoms with van der Waals surface area (Å²) in [4.78, 5) is 14.0. The van der Waals surface area contributed by atoms with Gasteiger partial charge in [-0.05, 0) is 83.0 Å². The second-order valence-corrected chi connectivity index (χ2v) is 14.0. The van der Waals surface area contributed by atoms with E-state index in [-0.39, 0.29) is 23.0 Å². The summed E-state index contributed by atoms with van der Waals surface area (Å²) in [6.45, 7) is 9.17. The Morgan fingerprint density at radius 1 is 1.12 bits per heavy atom. The minimum Gasteiger partial charge on any atom is -0.624 e. The predicted molar refractivity (Wildman–Crippen MR) is 129 cm³/mol. The van der Waals surface area contributed by atoms with E-state index in [2.05, 4.69) is 20.8 Å². The van der Waals surface area contributed by atoms with Crippen LogP contribution in [0.5, 0.6) is 0 Å². The van der Waals surface area contributed by atoms with E-state index in [1.807, 2.05) is 6.92 Å². The third-order valence-electron chi connectivity index (χ3n) is 12.5. The Bertz CT molecular complexity index is 960. The lowest BCUT2D eigenvalue weighted by Crippen LogP contribution is -2.71. The van der Waals surface area contributed by atoms with Crippen LogP contribution in [-0.4, -0.2) is 40.8 Å². The Hall–Kier alpha value is -0.940. The van der Waals surface area contributed by atoms with E-state index in [4.69, 9.17) is 9.47 Å². The lowest BCUT2D eigenvalue weighted by atomic mass is 9.40. The van der Waals surface area contributed by atoms with Gasteiger partial charge in [-0.15, -0.1) is 0 Å². The minimum absolute atomic E-state index is 0.0288. The van der Waals surface area contributed by atoms with Crippen molar-refractivity contribution < 1.29 is 19.0 Å². The summed E-state index contributed by atoms with van der Waals surface area (Å²) in [5.41, 5.74) is 0.863. The predicted octanol–water partition coefficient (Wildman–Crippen LogP) is 5.48.